The van der Waals surface area contributed by atoms with Crippen LogP contribution in [0.25, 0.3) is 0 Å². The summed E-state index contributed by atoms with van der Waals surface area (Å²) in [5.74, 6) is 0.917. The average molecular weight is 234 g/mol. The molecule has 1 atom stereocenters. The number of hydrazone groups is 1. The van der Waals surface area contributed by atoms with Crippen molar-refractivity contribution >= 4 is 18.2 Å². The molecule has 84 valence electrons. The number of hydrogen-bond acceptors (Lipinski definition) is 4. The van der Waals surface area contributed by atoms with Gasteiger partial charge in [0.05, 0.1) is 6.21 Å². The van der Waals surface area contributed by atoms with E-state index in [1.54, 1.807) is 25.3 Å². The van der Waals surface area contributed by atoms with Gasteiger partial charge in [-0.1, -0.05) is 30.3 Å². The highest BCUT2D eigenvalue weighted by atomic mass is 32.2. The van der Waals surface area contributed by atoms with Crippen molar-refractivity contribution in [2.24, 2.45) is 5.10 Å². The summed E-state index contributed by atoms with van der Waals surface area (Å²) in [4.78, 5) is 0. The van der Waals surface area contributed by atoms with Gasteiger partial charge in [-0.2, -0.15) is 5.10 Å². The molecule has 0 amide bonds. The van der Waals surface area contributed by atoms with E-state index >= 15 is 0 Å². The van der Waals surface area contributed by atoms with Crippen LogP contribution in [-0.4, -0.2) is 23.8 Å². The van der Waals surface area contributed by atoms with E-state index in [0.717, 1.165) is 5.75 Å². The Labute approximate surface area is 99.9 Å². The molecule has 0 saturated heterocycles. The van der Waals surface area contributed by atoms with Crippen LogP contribution in [0, 0.1) is 0 Å². The zero-order chi connectivity index (χ0) is 11.2. The molecule has 16 heavy (non-hydrogen) atoms. The highest BCUT2D eigenvalue weighted by Gasteiger charge is 2.07. The minimum Gasteiger partial charge on any atom is -0.372 e. The molecule has 0 fully saturated rings. The molecule has 1 aromatic rings. The lowest BCUT2D eigenvalue weighted by Crippen LogP contribution is -2.16. The van der Waals surface area contributed by atoms with E-state index in [9.17, 15) is 0 Å². The second-order valence-corrected chi connectivity index (χ2v) is 4.29. The number of ether oxygens (including phenoxy) is 1. The van der Waals surface area contributed by atoms with Gasteiger partial charge in [-0.15, -0.1) is 0 Å². The predicted octanol–water partition coefficient (Wildman–Crippen LogP) is 2.66. The monoisotopic (exact) mass is 234 g/mol. The number of methoxy groups -OCH3 is 1. The highest BCUT2D eigenvalue weighted by molar-refractivity contribution is 7.96. The molecule has 0 bridgehead atoms. The topological polar surface area (TPSA) is 24.8 Å². The first-order valence-corrected chi connectivity index (χ1v) is 6.04. The molecule has 1 aliphatic rings. The third-order valence-electron chi connectivity index (χ3n) is 2.21. The minimum atomic E-state index is 0.00794. The van der Waals surface area contributed by atoms with E-state index in [-0.39, 0.29) is 6.10 Å². The smallest absolute Gasteiger partial charge is 0.114 e. The zero-order valence-electron chi connectivity index (χ0n) is 9.11. The van der Waals surface area contributed by atoms with E-state index < -0.39 is 0 Å². The molecule has 1 aliphatic heterocycles. The zero-order valence-corrected chi connectivity index (χ0v) is 9.93. The number of rotatable bonds is 4. The average Bonchev–Trinajstić information content (AvgIpc) is 2.38. The van der Waals surface area contributed by atoms with E-state index in [2.05, 4.69) is 17.2 Å². The Morgan fingerprint density at radius 2 is 2.19 bits per heavy atom. The van der Waals surface area contributed by atoms with Crippen molar-refractivity contribution in [3.63, 3.8) is 0 Å². The molecule has 0 radical (unpaired) electrons. The molecule has 1 unspecified atom stereocenters. The summed E-state index contributed by atoms with van der Waals surface area (Å²) in [7, 11) is 1.67. The molecular weight excluding hydrogens is 220 g/mol. The molecule has 0 aromatic heterocycles. The predicted molar refractivity (Wildman–Crippen MR) is 68.0 cm³/mol. The van der Waals surface area contributed by atoms with Crippen molar-refractivity contribution in [2.45, 2.75) is 11.9 Å². The first-order valence-electron chi connectivity index (χ1n) is 5.10. The molecule has 1 aromatic carbocycles. The molecule has 3 nitrogen and oxygen atoms in total. The van der Waals surface area contributed by atoms with E-state index in [0.29, 0.717) is 0 Å². The summed E-state index contributed by atoms with van der Waals surface area (Å²) in [5.41, 5.74) is 1.30. The van der Waals surface area contributed by atoms with E-state index in [4.69, 9.17) is 4.74 Å². The lowest BCUT2D eigenvalue weighted by molar-refractivity contribution is 0.191. The number of hydrogen-bond donors (Lipinski definition) is 0. The summed E-state index contributed by atoms with van der Waals surface area (Å²) in [6.07, 6.45) is 5.71. The van der Waals surface area contributed by atoms with Gasteiger partial charge < -0.3 is 4.74 Å². The Kier molecular flexibility index (Phi) is 4.02. The lowest BCUT2D eigenvalue weighted by atomic mass is 10.2. The quantitative estimate of drug-likeness (QED) is 0.749. The van der Waals surface area contributed by atoms with Crippen LogP contribution in [0.5, 0.6) is 0 Å². The van der Waals surface area contributed by atoms with Crippen LogP contribution in [0.15, 0.2) is 47.7 Å². The minimum absolute atomic E-state index is 0.00794. The van der Waals surface area contributed by atoms with Gasteiger partial charge in [0.15, 0.2) is 0 Å². The number of nitrogens with zero attached hydrogens (tertiary/aromatic N) is 2. The fraction of sp³-hybridized carbons (Fsp3) is 0.250. The summed E-state index contributed by atoms with van der Waals surface area (Å²) >= 11 is 1.66. The third-order valence-corrected chi connectivity index (χ3v) is 3.15. The second-order valence-electron chi connectivity index (χ2n) is 3.37. The van der Waals surface area contributed by atoms with Gasteiger partial charge in [0, 0.05) is 19.1 Å². The van der Waals surface area contributed by atoms with Gasteiger partial charge in [-0.25, -0.2) is 4.41 Å². The second kappa shape index (κ2) is 5.72. The summed E-state index contributed by atoms with van der Waals surface area (Å²) in [6, 6.07) is 10.3. The molecule has 2 rings (SSSR count). The normalized spacial score (nSPS) is 19.1. The summed E-state index contributed by atoms with van der Waals surface area (Å²) in [6.45, 7) is 0. The first-order chi connectivity index (χ1) is 7.88. The summed E-state index contributed by atoms with van der Waals surface area (Å²) in [5, 5.41) is 4.26. The van der Waals surface area contributed by atoms with Crippen LogP contribution < -0.4 is 0 Å². The van der Waals surface area contributed by atoms with Crippen molar-refractivity contribution in [1.82, 2.24) is 4.41 Å². The number of benzene rings is 1. The fourth-order valence-corrected chi connectivity index (χ4v) is 2.06. The maximum Gasteiger partial charge on any atom is 0.114 e. The fourth-order valence-electron chi connectivity index (χ4n) is 1.31. The van der Waals surface area contributed by atoms with Gasteiger partial charge >= 0.3 is 0 Å². The molecule has 0 saturated carbocycles. The van der Waals surface area contributed by atoms with Crippen molar-refractivity contribution in [3.05, 3.63) is 48.2 Å². The Hall–Kier alpha value is -1.26. The lowest BCUT2D eigenvalue weighted by Gasteiger charge is -2.18. The van der Waals surface area contributed by atoms with Gasteiger partial charge in [0.2, 0.25) is 0 Å². The highest BCUT2D eigenvalue weighted by Crippen LogP contribution is 2.19. The maximum atomic E-state index is 5.13. The first kappa shape index (κ1) is 11.2. The Morgan fingerprint density at radius 1 is 1.38 bits per heavy atom. The molecule has 0 aliphatic carbocycles. The van der Waals surface area contributed by atoms with Crippen LogP contribution >= 0.6 is 11.9 Å². The van der Waals surface area contributed by atoms with Crippen LogP contribution in [0.2, 0.25) is 0 Å². The van der Waals surface area contributed by atoms with Gasteiger partial charge in [0.25, 0.3) is 0 Å². The van der Waals surface area contributed by atoms with Gasteiger partial charge in [-0.05, 0) is 23.6 Å². The standard InChI is InChI=1S/C12H14N2OS/c1-15-12-7-8-14(13-9-12)16-10-11-5-3-2-4-6-11/h2-9,12H,10H2,1H3. The third kappa shape index (κ3) is 3.12. The molecule has 0 N–H and O–H groups in total. The Balaban J connectivity index is 1.82. The summed E-state index contributed by atoms with van der Waals surface area (Å²) < 4.78 is 6.98. The van der Waals surface area contributed by atoms with Crippen LogP contribution in [0.1, 0.15) is 5.56 Å². The van der Waals surface area contributed by atoms with Crippen LogP contribution in [-0.2, 0) is 10.5 Å². The van der Waals surface area contributed by atoms with Crippen LogP contribution in [0.4, 0.5) is 0 Å². The molecule has 1 heterocycles. The van der Waals surface area contributed by atoms with E-state index in [1.807, 2.05) is 34.9 Å². The largest absolute Gasteiger partial charge is 0.372 e. The Morgan fingerprint density at radius 3 is 2.81 bits per heavy atom. The maximum absolute atomic E-state index is 5.13. The van der Waals surface area contributed by atoms with Crippen molar-refractivity contribution in [3.8, 4) is 0 Å². The van der Waals surface area contributed by atoms with Crippen molar-refractivity contribution in [2.75, 3.05) is 7.11 Å². The van der Waals surface area contributed by atoms with Crippen molar-refractivity contribution < 1.29 is 4.74 Å². The van der Waals surface area contributed by atoms with Gasteiger partial charge in [-0.3, -0.25) is 0 Å². The molecular formula is C12H14N2OS. The van der Waals surface area contributed by atoms with Crippen molar-refractivity contribution in [1.29, 1.82) is 0 Å². The SMILES string of the molecule is COC1C=CN(SCc2ccccc2)N=C1. The van der Waals surface area contributed by atoms with E-state index in [1.165, 1.54) is 5.56 Å². The van der Waals surface area contributed by atoms with Crippen LogP contribution in [0.3, 0.4) is 0 Å². The molecule has 0 spiro atoms. The van der Waals surface area contributed by atoms with Gasteiger partial charge in [0.1, 0.15) is 6.10 Å². The Bertz CT molecular complexity index is 364. The molecule has 4 heteroatoms.